The first-order valence-electron chi connectivity index (χ1n) is 11.1. The van der Waals surface area contributed by atoms with E-state index in [1.807, 2.05) is 11.9 Å². The molecule has 0 radical (unpaired) electrons. The second-order valence-corrected chi connectivity index (χ2v) is 8.43. The number of hydrogen-bond donors (Lipinski definition) is 1. The maximum absolute atomic E-state index is 11.8. The van der Waals surface area contributed by atoms with Crippen LogP contribution in [0.1, 0.15) is 36.0 Å². The molecule has 5 nitrogen and oxygen atoms in total. The van der Waals surface area contributed by atoms with Crippen molar-refractivity contribution in [3.8, 4) is 0 Å². The van der Waals surface area contributed by atoms with Gasteiger partial charge in [-0.1, -0.05) is 54.6 Å². The third-order valence-electron chi connectivity index (χ3n) is 6.18. The van der Waals surface area contributed by atoms with Crippen LogP contribution in [0, 0.1) is 5.92 Å². The van der Waals surface area contributed by atoms with Crippen molar-refractivity contribution in [2.75, 3.05) is 26.7 Å². The van der Waals surface area contributed by atoms with Gasteiger partial charge in [0.15, 0.2) is 5.96 Å². The third kappa shape index (κ3) is 5.21. The van der Waals surface area contributed by atoms with E-state index in [2.05, 4.69) is 69.8 Å². The standard InChI is InChI=1S/C25H32N4O/c1-26-25(29-15-13-23(19-29)16-20-6-3-2-4-7-20)27-17-21-9-11-22(12-10-21)18-28-14-5-8-24(28)30/h2-4,6-7,9-12,23H,5,8,13-19H2,1H3,(H,26,27). The van der Waals surface area contributed by atoms with Gasteiger partial charge in [-0.05, 0) is 41.9 Å². The number of rotatable bonds is 6. The highest BCUT2D eigenvalue weighted by Crippen LogP contribution is 2.21. The molecule has 158 valence electrons. The number of nitrogens with zero attached hydrogens (tertiary/aromatic N) is 3. The Hall–Kier alpha value is -2.82. The number of carbonyl (C=O) groups excluding carboxylic acids is 1. The van der Waals surface area contributed by atoms with Crippen LogP contribution in [0.3, 0.4) is 0 Å². The van der Waals surface area contributed by atoms with Crippen LogP contribution in [-0.2, 0) is 24.3 Å². The summed E-state index contributed by atoms with van der Waals surface area (Å²) < 4.78 is 0. The van der Waals surface area contributed by atoms with Gasteiger partial charge in [-0.2, -0.15) is 0 Å². The predicted molar refractivity (Wildman–Crippen MR) is 121 cm³/mol. The fourth-order valence-electron chi connectivity index (χ4n) is 4.51. The highest BCUT2D eigenvalue weighted by molar-refractivity contribution is 5.80. The lowest BCUT2D eigenvalue weighted by Gasteiger charge is -2.22. The monoisotopic (exact) mass is 404 g/mol. The molecule has 0 aliphatic carbocycles. The molecule has 1 amide bonds. The van der Waals surface area contributed by atoms with E-state index >= 15 is 0 Å². The lowest BCUT2D eigenvalue weighted by atomic mass is 9.99. The Morgan fingerprint density at radius 1 is 1.03 bits per heavy atom. The largest absolute Gasteiger partial charge is 0.352 e. The van der Waals surface area contributed by atoms with E-state index in [-0.39, 0.29) is 5.91 Å². The molecule has 2 aliphatic rings. The molecular formula is C25H32N4O. The van der Waals surface area contributed by atoms with Crippen molar-refractivity contribution in [3.05, 3.63) is 71.3 Å². The molecule has 5 heteroatoms. The summed E-state index contributed by atoms with van der Waals surface area (Å²) >= 11 is 0. The molecule has 2 aliphatic heterocycles. The van der Waals surface area contributed by atoms with Crippen LogP contribution in [0.2, 0.25) is 0 Å². The summed E-state index contributed by atoms with van der Waals surface area (Å²) in [6.07, 6.45) is 4.03. The highest BCUT2D eigenvalue weighted by atomic mass is 16.2. The van der Waals surface area contributed by atoms with Gasteiger partial charge >= 0.3 is 0 Å². The first-order chi connectivity index (χ1) is 14.7. The minimum Gasteiger partial charge on any atom is -0.352 e. The van der Waals surface area contributed by atoms with Crippen molar-refractivity contribution in [1.82, 2.24) is 15.1 Å². The van der Waals surface area contributed by atoms with E-state index in [1.54, 1.807) is 0 Å². The predicted octanol–water partition coefficient (Wildman–Crippen LogP) is 3.45. The Morgan fingerprint density at radius 2 is 1.80 bits per heavy atom. The van der Waals surface area contributed by atoms with Gasteiger partial charge in [0.05, 0.1) is 0 Å². The van der Waals surface area contributed by atoms with Gasteiger partial charge in [0.2, 0.25) is 5.91 Å². The van der Waals surface area contributed by atoms with Gasteiger partial charge in [0.1, 0.15) is 0 Å². The fourth-order valence-corrected chi connectivity index (χ4v) is 4.51. The normalized spacial score (nSPS) is 19.6. The maximum Gasteiger partial charge on any atom is 0.222 e. The van der Waals surface area contributed by atoms with Crippen LogP contribution in [0.4, 0.5) is 0 Å². The molecule has 2 fully saturated rings. The minimum absolute atomic E-state index is 0.278. The van der Waals surface area contributed by atoms with Crippen LogP contribution in [-0.4, -0.2) is 48.3 Å². The second-order valence-electron chi connectivity index (χ2n) is 8.43. The summed E-state index contributed by atoms with van der Waals surface area (Å²) in [6, 6.07) is 19.3. The van der Waals surface area contributed by atoms with Crippen molar-refractivity contribution in [2.45, 2.75) is 38.8 Å². The molecule has 0 aromatic heterocycles. The molecule has 2 aromatic rings. The highest BCUT2D eigenvalue weighted by Gasteiger charge is 2.25. The first-order valence-corrected chi connectivity index (χ1v) is 11.1. The topological polar surface area (TPSA) is 47.9 Å². The number of guanidine groups is 1. The molecule has 0 spiro atoms. The van der Waals surface area contributed by atoms with Gasteiger partial charge in [-0.15, -0.1) is 0 Å². The number of hydrogen-bond acceptors (Lipinski definition) is 2. The van der Waals surface area contributed by atoms with Crippen molar-refractivity contribution in [2.24, 2.45) is 10.9 Å². The number of likely N-dealkylation sites (tertiary alicyclic amines) is 2. The summed E-state index contributed by atoms with van der Waals surface area (Å²) in [5, 5.41) is 3.52. The summed E-state index contributed by atoms with van der Waals surface area (Å²) in [6.45, 7) is 4.48. The van der Waals surface area contributed by atoms with E-state index in [4.69, 9.17) is 0 Å². The van der Waals surface area contributed by atoms with Gasteiger partial charge in [0.25, 0.3) is 0 Å². The van der Waals surface area contributed by atoms with Gasteiger partial charge in [0, 0.05) is 46.2 Å². The number of carbonyl (C=O) groups is 1. The second kappa shape index (κ2) is 9.79. The summed E-state index contributed by atoms with van der Waals surface area (Å²) in [5.74, 6) is 1.94. The summed E-state index contributed by atoms with van der Waals surface area (Å²) in [4.78, 5) is 20.6. The number of benzene rings is 2. The molecule has 2 heterocycles. The van der Waals surface area contributed by atoms with E-state index in [0.29, 0.717) is 12.3 Å². The average molecular weight is 405 g/mol. The zero-order chi connectivity index (χ0) is 20.8. The van der Waals surface area contributed by atoms with Crippen LogP contribution in [0.25, 0.3) is 0 Å². The molecule has 1 unspecified atom stereocenters. The van der Waals surface area contributed by atoms with E-state index in [9.17, 15) is 4.79 Å². The molecule has 0 bridgehead atoms. The van der Waals surface area contributed by atoms with Crippen molar-refractivity contribution in [3.63, 3.8) is 0 Å². The SMILES string of the molecule is CN=C(NCc1ccc(CN2CCCC2=O)cc1)N1CCC(Cc2ccccc2)C1. The Bertz CT molecular complexity index is 862. The fraction of sp³-hybridized carbons (Fsp3) is 0.440. The van der Waals surface area contributed by atoms with Crippen molar-refractivity contribution >= 4 is 11.9 Å². The molecule has 0 saturated carbocycles. The van der Waals surface area contributed by atoms with E-state index < -0.39 is 0 Å². The van der Waals surface area contributed by atoms with Gasteiger partial charge in [-0.3, -0.25) is 9.79 Å². The summed E-state index contributed by atoms with van der Waals surface area (Å²) in [5.41, 5.74) is 3.84. The number of aliphatic imine (C=N–C) groups is 1. The molecule has 2 aromatic carbocycles. The van der Waals surface area contributed by atoms with E-state index in [0.717, 1.165) is 51.5 Å². The lowest BCUT2D eigenvalue weighted by Crippen LogP contribution is -2.39. The average Bonchev–Trinajstić information content (AvgIpc) is 3.40. The molecule has 1 N–H and O–H groups in total. The van der Waals surface area contributed by atoms with Crippen LogP contribution in [0.15, 0.2) is 59.6 Å². The quantitative estimate of drug-likeness (QED) is 0.593. The molecule has 2 saturated heterocycles. The molecule has 4 rings (SSSR count). The maximum atomic E-state index is 11.8. The Morgan fingerprint density at radius 3 is 2.50 bits per heavy atom. The van der Waals surface area contributed by atoms with E-state index in [1.165, 1.54) is 23.1 Å². The van der Waals surface area contributed by atoms with Crippen LogP contribution < -0.4 is 5.32 Å². The summed E-state index contributed by atoms with van der Waals surface area (Å²) in [7, 11) is 1.86. The van der Waals surface area contributed by atoms with Gasteiger partial charge in [-0.25, -0.2) is 0 Å². The van der Waals surface area contributed by atoms with Crippen LogP contribution in [0.5, 0.6) is 0 Å². The molecule has 30 heavy (non-hydrogen) atoms. The van der Waals surface area contributed by atoms with Crippen molar-refractivity contribution < 1.29 is 4.79 Å². The Balaban J connectivity index is 1.26. The Kier molecular flexibility index (Phi) is 6.67. The molecular weight excluding hydrogens is 372 g/mol. The Labute approximate surface area is 179 Å². The van der Waals surface area contributed by atoms with Gasteiger partial charge < -0.3 is 15.1 Å². The lowest BCUT2D eigenvalue weighted by molar-refractivity contribution is -0.128. The number of nitrogens with one attached hydrogen (secondary N) is 1. The zero-order valence-electron chi connectivity index (χ0n) is 17.9. The smallest absolute Gasteiger partial charge is 0.222 e. The first kappa shape index (κ1) is 20.5. The van der Waals surface area contributed by atoms with Crippen LogP contribution >= 0.6 is 0 Å². The zero-order valence-corrected chi connectivity index (χ0v) is 17.9. The number of amides is 1. The minimum atomic E-state index is 0.278. The molecule has 1 atom stereocenters. The van der Waals surface area contributed by atoms with Crippen molar-refractivity contribution in [1.29, 1.82) is 0 Å². The third-order valence-corrected chi connectivity index (χ3v) is 6.18.